The molecule has 0 saturated heterocycles. The van der Waals surface area contributed by atoms with Crippen LogP contribution in [0.15, 0.2) is 0 Å². The molecule has 104 valence electrons. The molecule has 1 N–H and O–H groups in total. The predicted octanol–water partition coefficient (Wildman–Crippen LogP) is 4.29. The van der Waals surface area contributed by atoms with E-state index < -0.39 is 5.51 Å². The first-order chi connectivity index (χ1) is 7.68. The normalized spacial score (nSPS) is 16.2. The lowest BCUT2D eigenvalue weighted by Crippen LogP contribution is -2.34. The Labute approximate surface area is 107 Å². The Morgan fingerprint density at radius 2 is 1.82 bits per heavy atom. The first kappa shape index (κ1) is 17.1. The second-order valence-corrected chi connectivity index (χ2v) is 6.39. The van der Waals surface area contributed by atoms with Crippen molar-refractivity contribution < 1.29 is 13.2 Å². The van der Waals surface area contributed by atoms with E-state index in [1.807, 2.05) is 6.92 Å². The van der Waals surface area contributed by atoms with Gasteiger partial charge in [0.15, 0.2) is 0 Å². The molecular formula is C12H24F3NS. The van der Waals surface area contributed by atoms with Gasteiger partial charge in [-0.1, -0.05) is 39.5 Å². The summed E-state index contributed by atoms with van der Waals surface area (Å²) in [5, 5.41) is 3.33. The largest absolute Gasteiger partial charge is 0.441 e. The van der Waals surface area contributed by atoms with Crippen LogP contribution in [0, 0.1) is 11.3 Å². The highest BCUT2D eigenvalue weighted by atomic mass is 32.2. The molecule has 17 heavy (non-hydrogen) atoms. The molecule has 0 saturated carbocycles. The SMILES string of the molecule is CCC(C)(CCSC(F)(F)F)CNCC(C)C. The summed E-state index contributed by atoms with van der Waals surface area (Å²) in [4.78, 5) is 0. The van der Waals surface area contributed by atoms with E-state index in [4.69, 9.17) is 0 Å². The van der Waals surface area contributed by atoms with Gasteiger partial charge >= 0.3 is 5.51 Å². The lowest BCUT2D eigenvalue weighted by Gasteiger charge is -2.29. The summed E-state index contributed by atoms with van der Waals surface area (Å²) in [5.41, 5.74) is -4.13. The Hall–Kier alpha value is 0.1000. The Balaban J connectivity index is 3.93. The van der Waals surface area contributed by atoms with Crippen molar-refractivity contribution in [1.29, 1.82) is 0 Å². The Morgan fingerprint density at radius 3 is 2.24 bits per heavy atom. The summed E-state index contributed by atoms with van der Waals surface area (Å²) < 4.78 is 36.1. The third-order valence-corrected chi connectivity index (χ3v) is 3.66. The van der Waals surface area contributed by atoms with Gasteiger partial charge in [-0.25, -0.2) is 0 Å². The van der Waals surface area contributed by atoms with Crippen molar-refractivity contribution in [1.82, 2.24) is 5.32 Å². The molecule has 0 aliphatic heterocycles. The number of halogens is 3. The average Bonchev–Trinajstić information content (AvgIpc) is 2.15. The molecule has 0 spiro atoms. The zero-order valence-corrected chi connectivity index (χ0v) is 12.0. The predicted molar refractivity (Wildman–Crippen MR) is 69.2 cm³/mol. The van der Waals surface area contributed by atoms with Crippen LogP contribution < -0.4 is 5.32 Å². The Morgan fingerprint density at radius 1 is 1.24 bits per heavy atom. The zero-order chi connectivity index (χ0) is 13.5. The van der Waals surface area contributed by atoms with Crippen molar-refractivity contribution in [2.45, 2.75) is 46.0 Å². The van der Waals surface area contributed by atoms with E-state index in [0.29, 0.717) is 12.3 Å². The van der Waals surface area contributed by atoms with Crippen LogP contribution in [0.1, 0.15) is 40.5 Å². The Bertz CT molecular complexity index is 206. The number of rotatable bonds is 8. The molecule has 0 aromatic carbocycles. The van der Waals surface area contributed by atoms with E-state index in [1.54, 1.807) is 0 Å². The minimum Gasteiger partial charge on any atom is -0.316 e. The molecule has 0 aliphatic carbocycles. The summed E-state index contributed by atoms with van der Waals surface area (Å²) >= 11 is 0.0878. The van der Waals surface area contributed by atoms with E-state index in [1.165, 1.54) is 0 Å². The second kappa shape index (κ2) is 7.52. The van der Waals surface area contributed by atoms with Gasteiger partial charge in [0.25, 0.3) is 0 Å². The van der Waals surface area contributed by atoms with Crippen molar-refractivity contribution in [3.05, 3.63) is 0 Å². The van der Waals surface area contributed by atoms with Crippen LogP contribution in [-0.4, -0.2) is 24.4 Å². The fourth-order valence-corrected chi connectivity index (χ4v) is 2.29. The van der Waals surface area contributed by atoms with Gasteiger partial charge in [-0.3, -0.25) is 0 Å². The van der Waals surface area contributed by atoms with Crippen molar-refractivity contribution >= 4 is 11.8 Å². The molecular weight excluding hydrogens is 247 g/mol. The minimum absolute atomic E-state index is 0.0346. The maximum Gasteiger partial charge on any atom is 0.441 e. The van der Waals surface area contributed by atoms with Gasteiger partial charge in [0, 0.05) is 12.3 Å². The summed E-state index contributed by atoms with van der Waals surface area (Å²) in [7, 11) is 0. The Kier molecular flexibility index (Phi) is 7.56. The first-order valence-electron chi connectivity index (χ1n) is 6.10. The van der Waals surface area contributed by atoms with Crippen LogP contribution in [0.25, 0.3) is 0 Å². The fourth-order valence-electron chi connectivity index (χ4n) is 1.47. The maximum absolute atomic E-state index is 12.0. The highest BCUT2D eigenvalue weighted by Crippen LogP contribution is 2.34. The number of nitrogens with one attached hydrogen (secondary N) is 1. The monoisotopic (exact) mass is 271 g/mol. The molecule has 0 radical (unpaired) electrons. The van der Waals surface area contributed by atoms with E-state index in [-0.39, 0.29) is 22.9 Å². The van der Waals surface area contributed by atoms with Gasteiger partial charge in [-0.05, 0) is 30.7 Å². The van der Waals surface area contributed by atoms with Crippen LogP contribution in [-0.2, 0) is 0 Å². The number of hydrogen-bond donors (Lipinski definition) is 1. The molecule has 0 rings (SSSR count). The minimum atomic E-state index is -4.10. The average molecular weight is 271 g/mol. The van der Waals surface area contributed by atoms with Crippen LogP contribution in [0.3, 0.4) is 0 Å². The van der Waals surface area contributed by atoms with E-state index in [0.717, 1.165) is 19.5 Å². The van der Waals surface area contributed by atoms with Gasteiger partial charge in [0.05, 0.1) is 0 Å². The molecule has 0 aromatic rings. The summed E-state index contributed by atoms with van der Waals surface area (Å²) in [6.45, 7) is 10.0. The molecule has 5 heteroatoms. The lowest BCUT2D eigenvalue weighted by molar-refractivity contribution is -0.0329. The van der Waals surface area contributed by atoms with Crippen LogP contribution >= 0.6 is 11.8 Å². The number of alkyl halides is 3. The molecule has 0 aromatic heterocycles. The van der Waals surface area contributed by atoms with Gasteiger partial charge in [0.2, 0.25) is 0 Å². The van der Waals surface area contributed by atoms with Gasteiger partial charge in [-0.15, -0.1) is 0 Å². The smallest absolute Gasteiger partial charge is 0.316 e. The highest BCUT2D eigenvalue weighted by Gasteiger charge is 2.30. The van der Waals surface area contributed by atoms with Crippen LogP contribution in [0.5, 0.6) is 0 Å². The second-order valence-electron chi connectivity index (χ2n) is 5.23. The highest BCUT2D eigenvalue weighted by molar-refractivity contribution is 8.00. The molecule has 0 amide bonds. The summed E-state index contributed by atoms with van der Waals surface area (Å²) in [6.07, 6.45) is 1.50. The zero-order valence-electron chi connectivity index (χ0n) is 11.2. The van der Waals surface area contributed by atoms with Crippen LogP contribution in [0.4, 0.5) is 13.2 Å². The van der Waals surface area contributed by atoms with Gasteiger partial charge in [0.1, 0.15) is 0 Å². The molecule has 0 bridgehead atoms. The molecule has 0 aliphatic rings. The quantitative estimate of drug-likeness (QED) is 0.706. The van der Waals surface area contributed by atoms with E-state index in [2.05, 4.69) is 26.1 Å². The van der Waals surface area contributed by atoms with Crippen molar-refractivity contribution in [2.24, 2.45) is 11.3 Å². The number of thioether (sulfide) groups is 1. The molecule has 1 atom stereocenters. The maximum atomic E-state index is 12.0. The molecule has 1 nitrogen and oxygen atoms in total. The van der Waals surface area contributed by atoms with Gasteiger partial charge in [-0.2, -0.15) is 13.2 Å². The topological polar surface area (TPSA) is 12.0 Å². The molecule has 0 fully saturated rings. The third kappa shape index (κ3) is 9.77. The fraction of sp³-hybridized carbons (Fsp3) is 1.00. The lowest BCUT2D eigenvalue weighted by atomic mass is 9.84. The third-order valence-electron chi connectivity index (χ3n) is 2.93. The van der Waals surface area contributed by atoms with E-state index >= 15 is 0 Å². The van der Waals surface area contributed by atoms with Crippen molar-refractivity contribution in [3.63, 3.8) is 0 Å². The molecule has 1 unspecified atom stereocenters. The van der Waals surface area contributed by atoms with Crippen molar-refractivity contribution in [2.75, 3.05) is 18.8 Å². The standard InChI is InChI=1S/C12H24F3NS/c1-5-11(4,9-16-8-10(2)3)6-7-17-12(13,14)15/h10,16H,5-9H2,1-4H3. The molecule has 0 heterocycles. The van der Waals surface area contributed by atoms with E-state index in [9.17, 15) is 13.2 Å². The summed E-state index contributed by atoms with van der Waals surface area (Å²) in [6, 6.07) is 0. The summed E-state index contributed by atoms with van der Waals surface area (Å²) in [5.74, 6) is 0.720. The van der Waals surface area contributed by atoms with Crippen LogP contribution in [0.2, 0.25) is 0 Å². The van der Waals surface area contributed by atoms with Crippen molar-refractivity contribution in [3.8, 4) is 0 Å². The van der Waals surface area contributed by atoms with Gasteiger partial charge < -0.3 is 5.32 Å². The first-order valence-corrected chi connectivity index (χ1v) is 7.08. The number of hydrogen-bond acceptors (Lipinski definition) is 2.